The SMILES string of the molecule is Cl.O=C(CCc1cc2ccccc2o1)N1CCC(N2CCNCC2)C1. The number of furan rings is 1. The quantitative estimate of drug-likeness (QED) is 0.905. The number of carbonyl (C=O) groups is 1. The minimum absolute atomic E-state index is 0. The predicted molar refractivity (Wildman–Crippen MR) is 101 cm³/mol. The van der Waals surface area contributed by atoms with Crippen LogP contribution in [-0.4, -0.2) is 61.0 Å². The molecule has 1 unspecified atom stereocenters. The van der Waals surface area contributed by atoms with Crippen LogP contribution in [-0.2, 0) is 11.2 Å². The van der Waals surface area contributed by atoms with E-state index in [2.05, 4.69) is 16.3 Å². The second-order valence-corrected chi connectivity index (χ2v) is 6.82. The summed E-state index contributed by atoms with van der Waals surface area (Å²) in [6.45, 7) is 6.12. The Hall–Kier alpha value is -1.56. The highest BCUT2D eigenvalue weighted by Gasteiger charge is 2.30. The van der Waals surface area contributed by atoms with E-state index >= 15 is 0 Å². The van der Waals surface area contributed by atoms with E-state index in [0.29, 0.717) is 18.9 Å². The molecule has 0 aliphatic carbocycles. The lowest BCUT2D eigenvalue weighted by Crippen LogP contribution is -2.49. The van der Waals surface area contributed by atoms with Crippen LogP contribution in [0.3, 0.4) is 0 Å². The van der Waals surface area contributed by atoms with Gasteiger partial charge < -0.3 is 14.6 Å². The van der Waals surface area contributed by atoms with Gasteiger partial charge in [0.1, 0.15) is 11.3 Å². The predicted octanol–water partition coefficient (Wildman–Crippen LogP) is 2.29. The lowest BCUT2D eigenvalue weighted by Gasteiger charge is -2.32. The number of aryl methyl sites for hydroxylation is 1. The van der Waals surface area contributed by atoms with Gasteiger partial charge in [-0.15, -0.1) is 12.4 Å². The van der Waals surface area contributed by atoms with E-state index in [1.807, 2.05) is 29.2 Å². The Kier molecular flexibility index (Phi) is 5.99. The smallest absolute Gasteiger partial charge is 0.223 e. The van der Waals surface area contributed by atoms with E-state index in [1.165, 1.54) is 0 Å². The van der Waals surface area contributed by atoms with Crippen LogP contribution >= 0.6 is 12.4 Å². The molecule has 0 saturated carbocycles. The summed E-state index contributed by atoms with van der Waals surface area (Å²) in [6, 6.07) is 10.6. The number of nitrogens with zero attached hydrogens (tertiary/aromatic N) is 2. The van der Waals surface area contributed by atoms with Gasteiger partial charge in [0.15, 0.2) is 0 Å². The molecule has 136 valence electrons. The Balaban J connectivity index is 0.00000182. The second-order valence-electron chi connectivity index (χ2n) is 6.82. The lowest BCUT2D eigenvalue weighted by molar-refractivity contribution is -0.130. The lowest BCUT2D eigenvalue weighted by atomic mass is 10.2. The third kappa shape index (κ3) is 4.17. The number of piperazine rings is 1. The molecular formula is C19H26ClN3O2. The molecule has 6 heteroatoms. The van der Waals surface area contributed by atoms with E-state index in [0.717, 1.165) is 62.4 Å². The summed E-state index contributed by atoms with van der Waals surface area (Å²) in [5.41, 5.74) is 0.903. The zero-order valence-electron chi connectivity index (χ0n) is 14.4. The summed E-state index contributed by atoms with van der Waals surface area (Å²) in [7, 11) is 0. The van der Waals surface area contributed by atoms with Crippen LogP contribution in [0.4, 0.5) is 0 Å². The highest BCUT2D eigenvalue weighted by molar-refractivity contribution is 5.85. The summed E-state index contributed by atoms with van der Waals surface area (Å²) < 4.78 is 5.81. The molecule has 0 bridgehead atoms. The van der Waals surface area contributed by atoms with Crippen molar-refractivity contribution >= 4 is 29.3 Å². The fourth-order valence-corrected chi connectivity index (χ4v) is 3.86. The Morgan fingerprint density at radius 2 is 2.00 bits per heavy atom. The van der Waals surface area contributed by atoms with E-state index < -0.39 is 0 Å². The average molecular weight is 364 g/mol. The van der Waals surface area contributed by atoms with Crippen LogP contribution in [0.1, 0.15) is 18.6 Å². The first-order chi connectivity index (χ1) is 11.8. The van der Waals surface area contributed by atoms with Crippen molar-refractivity contribution in [2.75, 3.05) is 39.3 Å². The molecular weight excluding hydrogens is 338 g/mol. The van der Waals surface area contributed by atoms with Crippen LogP contribution in [0, 0.1) is 0 Å². The number of nitrogens with one attached hydrogen (secondary N) is 1. The normalized spacial score (nSPS) is 21.4. The van der Waals surface area contributed by atoms with Crippen LogP contribution in [0.2, 0.25) is 0 Å². The van der Waals surface area contributed by atoms with Crippen LogP contribution in [0.25, 0.3) is 11.0 Å². The van der Waals surface area contributed by atoms with Gasteiger partial charge in [0.2, 0.25) is 5.91 Å². The molecule has 4 rings (SSSR count). The number of carbonyl (C=O) groups excluding carboxylic acids is 1. The number of rotatable bonds is 4. The topological polar surface area (TPSA) is 48.7 Å². The van der Waals surface area contributed by atoms with Crippen molar-refractivity contribution in [3.8, 4) is 0 Å². The second kappa shape index (κ2) is 8.21. The third-order valence-corrected chi connectivity index (χ3v) is 5.25. The summed E-state index contributed by atoms with van der Waals surface area (Å²) in [6.07, 6.45) is 2.33. The molecule has 2 aliphatic rings. The highest BCUT2D eigenvalue weighted by atomic mass is 35.5. The molecule has 0 spiro atoms. The third-order valence-electron chi connectivity index (χ3n) is 5.25. The molecule has 0 radical (unpaired) electrons. The van der Waals surface area contributed by atoms with E-state index in [9.17, 15) is 4.79 Å². The number of fused-ring (bicyclic) bond motifs is 1. The number of amides is 1. The molecule has 2 aliphatic heterocycles. The molecule has 5 nitrogen and oxygen atoms in total. The number of para-hydroxylation sites is 1. The van der Waals surface area contributed by atoms with E-state index in [-0.39, 0.29) is 18.3 Å². The molecule has 25 heavy (non-hydrogen) atoms. The first-order valence-corrected chi connectivity index (χ1v) is 8.99. The van der Waals surface area contributed by atoms with Gasteiger partial charge in [0.25, 0.3) is 0 Å². The molecule has 1 N–H and O–H groups in total. The summed E-state index contributed by atoms with van der Waals surface area (Å²) in [4.78, 5) is 17.1. The van der Waals surface area contributed by atoms with E-state index in [1.54, 1.807) is 0 Å². The maximum absolute atomic E-state index is 12.5. The van der Waals surface area contributed by atoms with Gasteiger partial charge in [0.05, 0.1) is 0 Å². The number of likely N-dealkylation sites (tertiary alicyclic amines) is 1. The number of hydrogen-bond donors (Lipinski definition) is 1. The minimum atomic E-state index is 0. The van der Waals surface area contributed by atoms with Crippen LogP contribution in [0.5, 0.6) is 0 Å². The van der Waals surface area contributed by atoms with Gasteiger partial charge in [-0.25, -0.2) is 0 Å². The first kappa shape index (κ1) is 18.2. The van der Waals surface area contributed by atoms with Gasteiger partial charge in [-0.2, -0.15) is 0 Å². The van der Waals surface area contributed by atoms with Gasteiger partial charge >= 0.3 is 0 Å². The fourth-order valence-electron chi connectivity index (χ4n) is 3.86. The molecule has 3 heterocycles. The molecule has 1 aromatic carbocycles. The molecule has 2 aromatic rings. The van der Waals surface area contributed by atoms with Crippen LogP contribution in [0.15, 0.2) is 34.7 Å². The van der Waals surface area contributed by atoms with Crippen molar-refractivity contribution < 1.29 is 9.21 Å². The number of benzene rings is 1. The maximum Gasteiger partial charge on any atom is 0.223 e. The zero-order valence-corrected chi connectivity index (χ0v) is 15.3. The monoisotopic (exact) mass is 363 g/mol. The van der Waals surface area contributed by atoms with Crippen molar-refractivity contribution in [2.24, 2.45) is 0 Å². The van der Waals surface area contributed by atoms with Crippen molar-refractivity contribution in [1.82, 2.24) is 15.1 Å². The summed E-state index contributed by atoms with van der Waals surface area (Å²) in [5, 5.41) is 4.50. The Bertz CT molecular complexity index is 679. The Morgan fingerprint density at radius 3 is 2.80 bits per heavy atom. The Morgan fingerprint density at radius 1 is 1.20 bits per heavy atom. The standard InChI is InChI=1S/C19H25N3O2.ClH/c23-19(6-5-17-13-15-3-1-2-4-18(15)24-17)22-10-7-16(14-22)21-11-8-20-9-12-21;/h1-4,13,16,20H,5-12,14H2;1H. The van der Waals surface area contributed by atoms with Gasteiger partial charge in [-0.3, -0.25) is 9.69 Å². The highest BCUT2D eigenvalue weighted by Crippen LogP contribution is 2.21. The van der Waals surface area contributed by atoms with Crippen molar-refractivity contribution in [3.63, 3.8) is 0 Å². The molecule has 1 atom stereocenters. The first-order valence-electron chi connectivity index (χ1n) is 8.99. The molecule has 1 aromatic heterocycles. The Labute approximate surface area is 154 Å². The molecule has 2 saturated heterocycles. The maximum atomic E-state index is 12.5. The largest absolute Gasteiger partial charge is 0.461 e. The minimum Gasteiger partial charge on any atom is -0.461 e. The number of halogens is 1. The average Bonchev–Trinajstić information content (AvgIpc) is 3.27. The van der Waals surface area contributed by atoms with Crippen molar-refractivity contribution in [2.45, 2.75) is 25.3 Å². The van der Waals surface area contributed by atoms with Crippen LogP contribution < -0.4 is 5.32 Å². The van der Waals surface area contributed by atoms with Gasteiger partial charge in [-0.05, 0) is 18.6 Å². The summed E-state index contributed by atoms with van der Waals surface area (Å²) in [5.74, 6) is 1.16. The molecule has 1 amide bonds. The molecule has 2 fully saturated rings. The fraction of sp³-hybridized carbons (Fsp3) is 0.526. The zero-order chi connectivity index (χ0) is 16.4. The van der Waals surface area contributed by atoms with E-state index in [4.69, 9.17) is 4.42 Å². The van der Waals surface area contributed by atoms with Crippen molar-refractivity contribution in [3.05, 3.63) is 36.1 Å². The number of hydrogen-bond acceptors (Lipinski definition) is 4. The van der Waals surface area contributed by atoms with Gasteiger partial charge in [-0.1, -0.05) is 18.2 Å². The van der Waals surface area contributed by atoms with Gasteiger partial charge in [0, 0.05) is 63.5 Å². The van der Waals surface area contributed by atoms with Crippen molar-refractivity contribution in [1.29, 1.82) is 0 Å². The summed E-state index contributed by atoms with van der Waals surface area (Å²) >= 11 is 0.